The number of nitrogens with zero attached hydrogens (tertiary/aromatic N) is 5. The Balaban J connectivity index is 1.54. The van der Waals surface area contributed by atoms with Gasteiger partial charge < -0.3 is 14.8 Å². The lowest BCUT2D eigenvalue weighted by atomic mass is 10.2. The molecule has 0 saturated heterocycles. The minimum absolute atomic E-state index is 0.133. The van der Waals surface area contributed by atoms with Crippen LogP contribution < -0.4 is 10.1 Å². The second-order valence-electron chi connectivity index (χ2n) is 6.39. The molecule has 9 heteroatoms. The number of rotatable bonds is 6. The largest absolute Gasteiger partial charge is 0.482 e. The van der Waals surface area contributed by atoms with Crippen LogP contribution in [-0.2, 0) is 9.53 Å². The lowest BCUT2D eigenvalue weighted by Gasteiger charge is -2.11. The zero-order valence-electron chi connectivity index (χ0n) is 15.0. The van der Waals surface area contributed by atoms with Gasteiger partial charge in [0.15, 0.2) is 17.8 Å². The number of anilines is 1. The molecular formula is C18H20N6O3. The van der Waals surface area contributed by atoms with E-state index in [1.54, 1.807) is 23.0 Å². The van der Waals surface area contributed by atoms with E-state index in [0.29, 0.717) is 28.9 Å². The van der Waals surface area contributed by atoms with Crippen LogP contribution >= 0.6 is 0 Å². The molecule has 0 unspecified atom stereocenters. The first-order chi connectivity index (χ1) is 13.2. The molecule has 2 heterocycles. The summed E-state index contributed by atoms with van der Waals surface area (Å²) >= 11 is 0. The Hall–Kier alpha value is -3.23. The first kappa shape index (κ1) is 17.2. The predicted molar refractivity (Wildman–Crippen MR) is 97.8 cm³/mol. The second-order valence-corrected chi connectivity index (χ2v) is 6.39. The summed E-state index contributed by atoms with van der Waals surface area (Å²) in [6, 6.07) is 7.59. The van der Waals surface area contributed by atoms with Crippen LogP contribution in [0.15, 0.2) is 30.5 Å². The fourth-order valence-corrected chi connectivity index (χ4v) is 3.11. The van der Waals surface area contributed by atoms with Crippen LogP contribution in [0.5, 0.6) is 5.75 Å². The standard InChI is InChI=1S/C18H20N6O3/c1-26-16(25)11-27-14-8-6-13(7-9-14)24-17-15(22-23-24)10-19-18(21-17)20-12-4-2-3-5-12/h6-10,12H,2-5,11H2,1H3,(H,19,20,21). The highest BCUT2D eigenvalue weighted by Crippen LogP contribution is 2.22. The predicted octanol–water partition coefficient (Wildman–Crippen LogP) is 2.12. The van der Waals surface area contributed by atoms with Crippen LogP contribution in [0.1, 0.15) is 25.7 Å². The summed E-state index contributed by atoms with van der Waals surface area (Å²) in [6.07, 6.45) is 6.45. The zero-order valence-corrected chi connectivity index (χ0v) is 15.0. The molecule has 1 aromatic carbocycles. The molecule has 9 nitrogen and oxygen atoms in total. The average Bonchev–Trinajstić information content (AvgIpc) is 3.36. The Morgan fingerprint density at radius 3 is 2.78 bits per heavy atom. The Bertz CT molecular complexity index is 934. The fourth-order valence-electron chi connectivity index (χ4n) is 3.11. The lowest BCUT2D eigenvalue weighted by molar-refractivity contribution is -0.142. The van der Waals surface area contributed by atoms with Gasteiger partial charge in [-0.15, -0.1) is 5.10 Å². The van der Waals surface area contributed by atoms with E-state index in [1.807, 2.05) is 12.1 Å². The van der Waals surface area contributed by atoms with Crippen molar-refractivity contribution in [3.8, 4) is 11.4 Å². The van der Waals surface area contributed by atoms with E-state index in [9.17, 15) is 4.79 Å². The van der Waals surface area contributed by atoms with E-state index in [-0.39, 0.29) is 6.61 Å². The summed E-state index contributed by atoms with van der Waals surface area (Å²) in [4.78, 5) is 20.1. The molecule has 0 bridgehead atoms. The number of carbonyl (C=O) groups is 1. The maximum atomic E-state index is 11.2. The van der Waals surface area contributed by atoms with Crippen molar-refractivity contribution in [1.82, 2.24) is 25.0 Å². The number of hydrogen-bond donors (Lipinski definition) is 1. The van der Waals surface area contributed by atoms with Crippen molar-refractivity contribution in [2.24, 2.45) is 0 Å². The van der Waals surface area contributed by atoms with E-state index in [0.717, 1.165) is 18.5 Å². The smallest absolute Gasteiger partial charge is 0.343 e. The summed E-state index contributed by atoms with van der Waals surface area (Å²) in [5.74, 6) is 0.725. The molecule has 0 amide bonds. The third kappa shape index (κ3) is 3.81. The molecule has 1 saturated carbocycles. The number of esters is 1. The lowest BCUT2D eigenvalue weighted by Crippen LogP contribution is -2.16. The van der Waals surface area contributed by atoms with Crippen LogP contribution in [0.3, 0.4) is 0 Å². The molecule has 0 spiro atoms. The Morgan fingerprint density at radius 1 is 1.26 bits per heavy atom. The van der Waals surface area contributed by atoms with Crippen molar-refractivity contribution in [2.45, 2.75) is 31.7 Å². The molecule has 140 valence electrons. The third-order valence-corrected chi connectivity index (χ3v) is 4.55. The minimum atomic E-state index is -0.430. The molecular weight excluding hydrogens is 348 g/mol. The van der Waals surface area contributed by atoms with Gasteiger partial charge >= 0.3 is 5.97 Å². The van der Waals surface area contributed by atoms with Crippen molar-refractivity contribution in [3.05, 3.63) is 30.5 Å². The van der Waals surface area contributed by atoms with Gasteiger partial charge in [0.2, 0.25) is 5.95 Å². The van der Waals surface area contributed by atoms with Crippen LogP contribution in [0.2, 0.25) is 0 Å². The Labute approximate surface area is 155 Å². The molecule has 0 aliphatic heterocycles. The van der Waals surface area contributed by atoms with Crippen LogP contribution in [0.25, 0.3) is 16.9 Å². The molecule has 27 heavy (non-hydrogen) atoms. The SMILES string of the molecule is COC(=O)COc1ccc(-n2nnc3cnc(NC4CCCC4)nc32)cc1. The highest BCUT2D eigenvalue weighted by atomic mass is 16.6. The van der Waals surface area contributed by atoms with Crippen LogP contribution in [0, 0.1) is 0 Å². The maximum absolute atomic E-state index is 11.2. The van der Waals surface area contributed by atoms with Crippen molar-refractivity contribution >= 4 is 23.1 Å². The fraction of sp³-hybridized carbons (Fsp3) is 0.389. The Kier molecular flexibility index (Phi) is 4.82. The van der Waals surface area contributed by atoms with Gasteiger partial charge in [-0.1, -0.05) is 18.1 Å². The summed E-state index contributed by atoms with van der Waals surface area (Å²) in [6.45, 7) is -0.133. The van der Waals surface area contributed by atoms with E-state index in [4.69, 9.17) is 4.74 Å². The van der Waals surface area contributed by atoms with Gasteiger partial charge in [0, 0.05) is 6.04 Å². The van der Waals surface area contributed by atoms with E-state index < -0.39 is 5.97 Å². The summed E-state index contributed by atoms with van der Waals surface area (Å²) in [7, 11) is 1.32. The number of nitrogens with one attached hydrogen (secondary N) is 1. The maximum Gasteiger partial charge on any atom is 0.343 e. The van der Waals surface area contributed by atoms with Gasteiger partial charge in [-0.25, -0.2) is 9.78 Å². The van der Waals surface area contributed by atoms with E-state index >= 15 is 0 Å². The van der Waals surface area contributed by atoms with Gasteiger partial charge in [0.1, 0.15) is 5.75 Å². The molecule has 1 fully saturated rings. The molecule has 1 aliphatic rings. The number of ether oxygens (including phenoxy) is 2. The molecule has 3 aromatic rings. The highest BCUT2D eigenvalue weighted by Gasteiger charge is 2.17. The van der Waals surface area contributed by atoms with Gasteiger partial charge in [-0.2, -0.15) is 9.67 Å². The number of aromatic nitrogens is 5. The van der Waals surface area contributed by atoms with Crippen LogP contribution in [0.4, 0.5) is 5.95 Å². The number of fused-ring (bicyclic) bond motifs is 1. The molecule has 4 rings (SSSR count). The molecule has 0 radical (unpaired) electrons. The second kappa shape index (κ2) is 7.56. The van der Waals surface area contributed by atoms with Gasteiger partial charge in [0.25, 0.3) is 0 Å². The molecule has 2 aromatic heterocycles. The zero-order chi connectivity index (χ0) is 18.6. The molecule has 1 N–H and O–H groups in total. The number of carbonyl (C=O) groups excluding carboxylic acids is 1. The van der Waals surface area contributed by atoms with Crippen molar-refractivity contribution in [3.63, 3.8) is 0 Å². The average molecular weight is 368 g/mol. The number of benzene rings is 1. The summed E-state index contributed by atoms with van der Waals surface area (Å²) < 4.78 is 11.6. The highest BCUT2D eigenvalue weighted by molar-refractivity contribution is 5.72. The van der Waals surface area contributed by atoms with E-state index in [1.165, 1.54) is 20.0 Å². The normalized spacial score (nSPS) is 14.4. The Morgan fingerprint density at radius 2 is 2.04 bits per heavy atom. The molecule has 1 aliphatic carbocycles. The van der Waals surface area contributed by atoms with Gasteiger partial charge in [0.05, 0.1) is 19.0 Å². The monoisotopic (exact) mass is 368 g/mol. The van der Waals surface area contributed by atoms with E-state index in [2.05, 4.69) is 30.3 Å². The first-order valence-electron chi connectivity index (χ1n) is 8.88. The van der Waals surface area contributed by atoms with Gasteiger partial charge in [-0.05, 0) is 37.1 Å². The molecule has 0 atom stereocenters. The minimum Gasteiger partial charge on any atom is -0.482 e. The first-order valence-corrected chi connectivity index (χ1v) is 8.88. The summed E-state index contributed by atoms with van der Waals surface area (Å²) in [5.41, 5.74) is 2.04. The third-order valence-electron chi connectivity index (χ3n) is 4.55. The van der Waals surface area contributed by atoms with Crippen molar-refractivity contribution in [1.29, 1.82) is 0 Å². The van der Waals surface area contributed by atoms with Crippen molar-refractivity contribution < 1.29 is 14.3 Å². The summed E-state index contributed by atoms with van der Waals surface area (Å²) in [5, 5.41) is 11.7. The number of hydrogen-bond acceptors (Lipinski definition) is 8. The topological polar surface area (TPSA) is 104 Å². The quantitative estimate of drug-likeness (QED) is 0.660. The number of methoxy groups -OCH3 is 1. The van der Waals surface area contributed by atoms with Crippen LogP contribution in [-0.4, -0.2) is 50.7 Å². The van der Waals surface area contributed by atoms with Crippen molar-refractivity contribution in [2.75, 3.05) is 19.0 Å². The van der Waals surface area contributed by atoms with Gasteiger partial charge in [-0.3, -0.25) is 0 Å².